The molecule has 7 heteroatoms. The first kappa shape index (κ1) is 15.0. The minimum absolute atomic E-state index is 0.225. The number of piperazine rings is 1. The minimum atomic E-state index is -0.688. The Kier molecular flexibility index (Phi) is 5.22. The molecule has 104 valence electrons. The maximum Gasteiger partial charge on any atom is 0.411 e. The van der Waals surface area contributed by atoms with Gasteiger partial charge in [-0.15, -0.1) is 0 Å². The van der Waals surface area contributed by atoms with Gasteiger partial charge in [0, 0.05) is 19.6 Å². The molecule has 6 nitrogen and oxygen atoms in total. The van der Waals surface area contributed by atoms with Crippen molar-refractivity contribution in [2.45, 2.75) is 32.4 Å². The molecular formula is C11H19ClN2O4. The maximum absolute atomic E-state index is 12.0. The van der Waals surface area contributed by atoms with Crippen molar-refractivity contribution in [1.29, 1.82) is 0 Å². The predicted molar refractivity (Wildman–Crippen MR) is 66.4 cm³/mol. The summed E-state index contributed by atoms with van der Waals surface area (Å²) >= 11 is 5.35. The third kappa shape index (κ3) is 4.34. The Hall–Kier alpha value is -1.01. The first-order valence-corrected chi connectivity index (χ1v) is 6.31. The summed E-state index contributed by atoms with van der Waals surface area (Å²) in [5, 5.41) is 3.03. The summed E-state index contributed by atoms with van der Waals surface area (Å²) < 4.78 is 9.98. The van der Waals surface area contributed by atoms with Crippen LogP contribution >= 0.6 is 11.6 Å². The zero-order valence-electron chi connectivity index (χ0n) is 10.9. The van der Waals surface area contributed by atoms with Gasteiger partial charge in [-0.25, -0.2) is 9.59 Å². The Labute approximate surface area is 112 Å². The van der Waals surface area contributed by atoms with Gasteiger partial charge in [0.2, 0.25) is 0 Å². The summed E-state index contributed by atoms with van der Waals surface area (Å²) in [6.45, 7) is 6.69. The van der Waals surface area contributed by atoms with Crippen LogP contribution in [-0.4, -0.2) is 54.3 Å². The second kappa shape index (κ2) is 6.24. The third-order valence-corrected chi connectivity index (χ3v) is 2.45. The maximum atomic E-state index is 12.0. The van der Waals surface area contributed by atoms with Gasteiger partial charge in [0.15, 0.2) is 6.07 Å². The Bertz CT molecular complexity index is 317. The van der Waals surface area contributed by atoms with Crippen LogP contribution in [0.25, 0.3) is 0 Å². The van der Waals surface area contributed by atoms with Crippen molar-refractivity contribution in [3.05, 3.63) is 0 Å². The second-order valence-corrected chi connectivity index (χ2v) is 5.18. The van der Waals surface area contributed by atoms with E-state index in [9.17, 15) is 9.59 Å². The molecule has 1 N–H and O–H groups in total. The lowest BCUT2D eigenvalue weighted by molar-refractivity contribution is -0.148. The zero-order valence-corrected chi connectivity index (χ0v) is 11.6. The van der Waals surface area contributed by atoms with Crippen molar-refractivity contribution in [2.24, 2.45) is 0 Å². The molecule has 1 saturated heterocycles. The van der Waals surface area contributed by atoms with Crippen LogP contribution in [0, 0.1) is 0 Å². The van der Waals surface area contributed by atoms with Gasteiger partial charge in [-0.2, -0.15) is 0 Å². The number of hydrogen-bond acceptors (Lipinski definition) is 5. The highest BCUT2D eigenvalue weighted by Crippen LogP contribution is 2.14. The molecule has 0 aliphatic carbocycles. The van der Waals surface area contributed by atoms with Crippen molar-refractivity contribution in [3.8, 4) is 0 Å². The van der Waals surface area contributed by atoms with E-state index in [0.717, 1.165) is 0 Å². The Balaban J connectivity index is 2.70. The van der Waals surface area contributed by atoms with Crippen LogP contribution in [0.4, 0.5) is 4.79 Å². The summed E-state index contributed by atoms with van der Waals surface area (Å²) in [7, 11) is 0. The fourth-order valence-corrected chi connectivity index (χ4v) is 1.71. The van der Waals surface area contributed by atoms with E-state index in [1.807, 2.05) is 0 Å². The fraction of sp³-hybridized carbons (Fsp3) is 0.818. The van der Waals surface area contributed by atoms with E-state index in [2.05, 4.69) is 5.32 Å². The highest BCUT2D eigenvalue weighted by molar-refractivity contribution is 6.17. The molecule has 0 saturated carbocycles. The molecule has 0 radical (unpaired) electrons. The lowest BCUT2D eigenvalue weighted by Crippen LogP contribution is -2.58. The van der Waals surface area contributed by atoms with E-state index >= 15 is 0 Å². The van der Waals surface area contributed by atoms with Gasteiger partial charge >= 0.3 is 12.1 Å². The number of alkyl halides is 1. The molecule has 1 atom stereocenters. The summed E-state index contributed by atoms with van der Waals surface area (Å²) in [5.74, 6) is -0.525. The smallest absolute Gasteiger partial charge is 0.411 e. The number of amides is 1. The molecule has 1 rings (SSSR count). The number of rotatable bonds is 2. The Morgan fingerprint density at radius 2 is 2.11 bits per heavy atom. The van der Waals surface area contributed by atoms with E-state index in [1.54, 1.807) is 20.8 Å². The first-order chi connectivity index (χ1) is 8.35. The average molecular weight is 279 g/mol. The van der Waals surface area contributed by atoms with Gasteiger partial charge < -0.3 is 14.8 Å². The number of nitrogens with one attached hydrogen (secondary N) is 1. The number of carbonyl (C=O) groups is 2. The normalized spacial score (nSPS) is 20.4. The van der Waals surface area contributed by atoms with E-state index in [-0.39, 0.29) is 6.07 Å². The van der Waals surface area contributed by atoms with Gasteiger partial charge in [-0.1, -0.05) is 11.6 Å². The van der Waals surface area contributed by atoms with Crippen LogP contribution < -0.4 is 5.32 Å². The van der Waals surface area contributed by atoms with Crippen LogP contribution in [0.15, 0.2) is 0 Å². The molecule has 1 unspecified atom stereocenters. The van der Waals surface area contributed by atoms with Crippen LogP contribution in [0.2, 0.25) is 0 Å². The standard InChI is InChI=1S/C11H19ClN2O4/c1-11(2,3)18-10(16)14-5-4-13-6-8(14)9(15)17-7-12/h8,13H,4-7H2,1-3H3. The van der Waals surface area contributed by atoms with E-state index in [4.69, 9.17) is 21.1 Å². The highest BCUT2D eigenvalue weighted by Gasteiger charge is 2.35. The number of nitrogens with zero attached hydrogens (tertiary/aromatic N) is 1. The Morgan fingerprint density at radius 3 is 2.67 bits per heavy atom. The molecule has 1 aliphatic rings. The number of hydrogen-bond donors (Lipinski definition) is 1. The van der Waals surface area contributed by atoms with Crippen molar-refractivity contribution in [3.63, 3.8) is 0 Å². The summed E-state index contributed by atoms with van der Waals surface area (Å²) in [4.78, 5) is 25.0. The minimum Gasteiger partial charge on any atom is -0.448 e. The largest absolute Gasteiger partial charge is 0.448 e. The van der Waals surface area contributed by atoms with Crippen molar-refractivity contribution in [2.75, 3.05) is 25.7 Å². The molecule has 0 aromatic carbocycles. The van der Waals surface area contributed by atoms with E-state index in [0.29, 0.717) is 19.6 Å². The molecule has 1 aliphatic heterocycles. The monoisotopic (exact) mass is 278 g/mol. The highest BCUT2D eigenvalue weighted by atomic mass is 35.5. The molecule has 0 spiro atoms. The zero-order chi connectivity index (χ0) is 13.8. The summed E-state index contributed by atoms with van der Waals surface area (Å²) in [5.41, 5.74) is -0.594. The number of esters is 1. The van der Waals surface area contributed by atoms with Gasteiger partial charge in [0.1, 0.15) is 11.6 Å². The lowest BCUT2D eigenvalue weighted by Gasteiger charge is -2.35. The third-order valence-electron chi connectivity index (χ3n) is 2.34. The molecule has 0 bridgehead atoms. The van der Waals surface area contributed by atoms with Crippen molar-refractivity contribution >= 4 is 23.7 Å². The molecule has 1 amide bonds. The van der Waals surface area contributed by atoms with Crippen LogP contribution in [0.1, 0.15) is 20.8 Å². The fourth-order valence-electron chi connectivity index (χ4n) is 1.60. The van der Waals surface area contributed by atoms with Crippen LogP contribution in [0.3, 0.4) is 0 Å². The summed E-state index contributed by atoms with van der Waals surface area (Å²) in [6.07, 6.45) is -0.513. The van der Waals surface area contributed by atoms with Gasteiger partial charge in [-0.3, -0.25) is 4.90 Å². The van der Waals surface area contributed by atoms with E-state index < -0.39 is 23.7 Å². The van der Waals surface area contributed by atoms with Gasteiger partial charge in [0.25, 0.3) is 0 Å². The average Bonchev–Trinajstić information content (AvgIpc) is 2.27. The second-order valence-electron chi connectivity index (χ2n) is 4.97. The topological polar surface area (TPSA) is 67.9 Å². The number of ether oxygens (including phenoxy) is 2. The molecule has 1 heterocycles. The molecule has 18 heavy (non-hydrogen) atoms. The van der Waals surface area contributed by atoms with Crippen molar-refractivity contribution < 1.29 is 19.1 Å². The molecule has 0 aromatic heterocycles. The number of halogens is 1. The predicted octanol–water partition coefficient (Wildman–Crippen LogP) is 0.935. The van der Waals surface area contributed by atoms with Crippen molar-refractivity contribution in [1.82, 2.24) is 10.2 Å². The van der Waals surface area contributed by atoms with Crippen LogP contribution in [-0.2, 0) is 14.3 Å². The lowest BCUT2D eigenvalue weighted by atomic mass is 10.2. The molecule has 0 aromatic rings. The van der Waals surface area contributed by atoms with Gasteiger partial charge in [-0.05, 0) is 20.8 Å². The SMILES string of the molecule is CC(C)(C)OC(=O)N1CCNCC1C(=O)OCCl. The van der Waals surface area contributed by atoms with Gasteiger partial charge in [0.05, 0.1) is 0 Å². The van der Waals surface area contributed by atoms with E-state index in [1.165, 1.54) is 4.90 Å². The van der Waals surface area contributed by atoms with Crippen LogP contribution in [0.5, 0.6) is 0 Å². The quantitative estimate of drug-likeness (QED) is 0.601. The Morgan fingerprint density at radius 1 is 1.44 bits per heavy atom. The first-order valence-electron chi connectivity index (χ1n) is 5.78. The number of carbonyl (C=O) groups excluding carboxylic acids is 2. The molecular weight excluding hydrogens is 260 g/mol. The summed E-state index contributed by atoms with van der Waals surface area (Å²) in [6, 6.07) is -0.912. The molecule has 1 fully saturated rings.